The van der Waals surface area contributed by atoms with Crippen LogP contribution in [0.1, 0.15) is 30.7 Å². The first-order chi connectivity index (χ1) is 10.4. The number of amides is 2. The van der Waals surface area contributed by atoms with Crippen LogP contribution in [0.4, 0.5) is 5.69 Å². The molecule has 0 aromatic carbocycles. The second kappa shape index (κ2) is 6.91. The van der Waals surface area contributed by atoms with Crippen molar-refractivity contribution < 1.29 is 14.3 Å². The molecule has 1 aliphatic rings. The molecule has 2 rings (SSSR count). The number of aryl methyl sites for hydroxylation is 2. The Hall–Kier alpha value is -1.89. The number of hydrogen-bond donors (Lipinski definition) is 1. The van der Waals surface area contributed by atoms with Crippen molar-refractivity contribution in [2.24, 2.45) is 7.05 Å². The van der Waals surface area contributed by atoms with Crippen LogP contribution in [0.3, 0.4) is 0 Å². The van der Waals surface area contributed by atoms with E-state index in [1.807, 2.05) is 20.9 Å². The molecule has 1 N–H and O–H groups in total. The Balaban J connectivity index is 2.03. The molecule has 0 aliphatic carbocycles. The lowest BCUT2D eigenvalue weighted by molar-refractivity contribution is -0.143. The normalized spacial score (nSPS) is 19.2. The van der Waals surface area contributed by atoms with E-state index in [1.54, 1.807) is 9.58 Å². The minimum Gasteiger partial charge on any atom is -0.372 e. The van der Waals surface area contributed by atoms with Gasteiger partial charge in [0.25, 0.3) is 5.91 Å². The van der Waals surface area contributed by atoms with Gasteiger partial charge in [0.2, 0.25) is 5.91 Å². The quantitative estimate of drug-likeness (QED) is 0.900. The third-order valence-electron chi connectivity index (χ3n) is 4.12. The van der Waals surface area contributed by atoms with Gasteiger partial charge in [0, 0.05) is 20.7 Å². The van der Waals surface area contributed by atoms with E-state index in [9.17, 15) is 9.59 Å². The van der Waals surface area contributed by atoms with E-state index >= 15 is 0 Å². The largest absolute Gasteiger partial charge is 0.372 e. The molecule has 0 saturated carbocycles. The Bertz CT molecular complexity index is 567. The third-order valence-corrected chi connectivity index (χ3v) is 4.12. The van der Waals surface area contributed by atoms with E-state index in [-0.39, 0.29) is 18.4 Å². The van der Waals surface area contributed by atoms with E-state index in [2.05, 4.69) is 10.4 Å². The van der Waals surface area contributed by atoms with Crippen molar-refractivity contribution in [1.29, 1.82) is 0 Å². The Morgan fingerprint density at radius 2 is 2.14 bits per heavy atom. The molecule has 0 bridgehead atoms. The average molecular weight is 308 g/mol. The van der Waals surface area contributed by atoms with Crippen molar-refractivity contribution in [3.8, 4) is 0 Å². The maximum absolute atomic E-state index is 12.3. The van der Waals surface area contributed by atoms with Crippen LogP contribution in [0.25, 0.3) is 0 Å². The zero-order valence-corrected chi connectivity index (χ0v) is 13.7. The van der Waals surface area contributed by atoms with Gasteiger partial charge >= 0.3 is 0 Å². The van der Waals surface area contributed by atoms with Gasteiger partial charge in [-0.2, -0.15) is 5.10 Å². The minimum absolute atomic E-state index is 0.0481. The topological polar surface area (TPSA) is 76.5 Å². The van der Waals surface area contributed by atoms with Crippen LogP contribution in [0.2, 0.25) is 0 Å². The minimum atomic E-state index is -0.433. The third kappa shape index (κ3) is 3.47. The van der Waals surface area contributed by atoms with Crippen molar-refractivity contribution in [2.75, 3.05) is 25.5 Å². The average Bonchev–Trinajstić information content (AvgIpc) is 2.64. The summed E-state index contributed by atoms with van der Waals surface area (Å²) in [6.45, 7) is 4.39. The highest BCUT2D eigenvalue weighted by molar-refractivity contribution is 5.96. The molecular weight excluding hydrogens is 284 g/mol. The molecule has 1 saturated heterocycles. The summed E-state index contributed by atoms with van der Waals surface area (Å²) in [6, 6.07) is 0. The summed E-state index contributed by atoms with van der Waals surface area (Å²) in [5, 5.41) is 7.13. The van der Waals surface area contributed by atoms with Gasteiger partial charge in [-0.15, -0.1) is 0 Å². The monoisotopic (exact) mass is 308 g/mol. The van der Waals surface area contributed by atoms with Gasteiger partial charge in [-0.05, 0) is 33.1 Å². The summed E-state index contributed by atoms with van der Waals surface area (Å²) in [5.41, 5.74) is 2.38. The number of carbonyl (C=O) groups is 2. The first-order valence-corrected chi connectivity index (χ1v) is 7.55. The van der Waals surface area contributed by atoms with Crippen molar-refractivity contribution >= 4 is 17.5 Å². The number of anilines is 1. The number of rotatable bonds is 4. The van der Waals surface area contributed by atoms with Crippen LogP contribution in [-0.4, -0.2) is 52.8 Å². The molecule has 0 spiro atoms. The van der Waals surface area contributed by atoms with Gasteiger partial charge in [-0.25, -0.2) is 0 Å². The summed E-state index contributed by atoms with van der Waals surface area (Å²) in [4.78, 5) is 26.2. The fraction of sp³-hybridized carbons (Fsp3) is 0.667. The summed E-state index contributed by atoms with van der Waals surface area (Å²) in [6.07, 6.45) is 2.11. The van der Waals surface area contributed by atoms with E-state index < -0.39 is 6.10 Å². The Morgan fingerprint density at radius 3 is 2.73 bits per heavy atom. The molecule has 1 aliphatic heterocycles. The number of nitrogens with zero attached hydrogens (tertiary/aromatic N) is 3. The first-order valence-electron chi connectivity index (χ1n) is 7.55. The lowest BCUT2D eigenvalue weighted by Crippen LogP contribution is -2.43. The van der Waals surface area contributed by atoms with E-state index in [1.165, 1.54) is 7.11 Å². The van der Waals surface area contributed by atoms with Gasteiger partial charge in [-0.3, -0.25) is 14.3 Å². The Kier molecular flexibility index (Phi) is 5.18. The number of carbonyl (C=O) groups excluding carboxylic acids is 2. The zero-order valence-electron chi connectivity index (χ0n) is 13.7. The fourth-order valence-electron chi connectivity index (χ4n) is 2.75. The van der Waals surface area contributed by atoms with Gasteiger partial charge in [0.1, 0.15) is 6.10 Å². The lowest BCUT2D eigenvalue weighted by Gasteiger charge is -2.23. The predicted octanol–water partition coefficient (Wildman–Crippen LogP) is 1.00. The molecular formula is C15H24N4O3. The van der Waals surface area contributed by atoms with Crippen LogP contribution >= 0.6 is 0 Å². The number of methoxy groups -OCH3 is 1. The van der Waals surface area contributed by atoms with Gasteiger partial charge < -0.3 is 15.0 Å². The first kappa shape index (κ1) is 16.5. The number of ether oxygens (including phenoxy) is 1. The second-order valence-electron chi connectivity index (χ2n) is 5.70. The van der Waals surface area contributed by atoms with Crippen LogP contribution in [0, 0.1) is 13.8 Å². The smallest absolute Gasteiger partial charge is 0.252 e. The Morgan fingerprint density at radius 1 is 1.41 bits per heavy atom. The summed E-state index contributed by atoms with van der Waals surface area (Å²) in [7, 11) is 3.37. The maximum atomic E-state index is 12.3. The van der Waals surface area contributed by atoms with Crippen molar-refractivity contribution in [2.45, 2.75) is 39.2 Å². The molecule has 122 valence electrons. The zero-order chi connectivity index (χ0) is 16.3. The second-order valence-corrected chi connectivity index (χ2v) is 5.70. The maximum Gasteiger partial charge on any atom is 0.252 e. The highest BCUT2D eigenvalue weighted by Gasteiger charge is 2.28. The fourth-order valence-corrected chi connectivity index (χ4v) is 2.75. The molecule has 7 heteroatoms. The van der Waals surface area contributed by atoms with Crippen molar-refractivity contribution in [1.82, 2.24) is 14.7 Å². The molecule has 1 atom stereocenters. The molecule has 7 nitrogen and oxygen atoms in total. The van der Waals surface area contributed by atoms with Gasteiger partial charge in [0.05, 0.1) is 23.6 Å². The van der Waals surface area contributed by atoms with Crippen molar-refractivity contribution in [3.05, 3.63) is 11.4 Å². The number of hydrogen-bond acceptors (Lipinski definition) is 4. The molecule has 1 aromatic rings. The molecule has 22 heavy (non-hydrogen) atoms. The highest BCUT2D eigenvalue weighted by atomic mass is 16.5. The van der Waals surface area contributed by atoms with E-state index in [0.717, 1.165) is 29.9 Å². The molecule has 1 fully saturated rings. The number of nitrogens with one attached hydrogen (secondary N) is 1. The standard InChI is InChI=1S/C15H24N4O3/c1-10-14(11(2)18(3)17-10)16-13(20)9-19-8-6-5-7-12(22-4)15(19)21/h12H,5-9H2,1-4H3,(H,16,20). The van der Waals surface area contributed by atoms with Crippen LogP contribution in [-0.2, 0) is 21.4 Å². The molecule has 1 unspecified atom stereocenters. The highest BCUT2D eigenvalue weighted by Crippen LogP contribution is 2.19. The van der Waals surface area contributed by atoms with Crippen LogP contribution in [0.15, 0.2) is 0 Å². The summed E-state index contributed by atoms with van der Waals surface area (Å²) < 4.78 is 6.94. The molecule has 0 radical (unpaired) electrons. The number of aromatic nitrogens is 2. The number of likely N-dealkylation sites (tertiary alicyclic amines) is 1. The van der Waals surface area contributed by atoms with Crippen LogP contribution < -0.4 is 5.32 Å². The molecule has 2 heterocycles. The summed E-state index contributed by atoms with van der Waals surface area (Å²) in [5.74, 6) is -0.306. The lowest BCUT2D eigenvalue weighted by atomic mass is 10.2. The van der Waals surface area contributed by atoms with Crippen molar-refractivity contribution in [3.63, 3.8) is 0 Å². The summed E-state index contributed by atoms with van der Waals surface area (Å²) >= 11 is 0. The Labute approximate surface area is 130 Å². The van der Waals surface area contributed by atoms with Crippen LogP contribution in [0.5, 0.6) is 0 Å². The molecule has 1 aromatic heterocycles. The predicted molar refractivity (Wildman–Crippen MR) is 82.5 cm³/mol. The van der Waals surface area contributed by atoms with Gasteiger partial charge in [0.15, 0.2) is 0 Å². The molecule has 2 amide bonds. The van der Waals surface area contributed by atoms with Gasteiger partial charge in [-0.1, -0.05) is 0 Å². The SMILES string of the molecule is COC1CCCCN(CC(=O)Nc2c(C)nn(C)c2C)C1=O. The van der Waals surface area contributed by atoms with E-state index in [0.29, 0.717) is 13.0 Å². The van der Waals surface area contributed by atoms with E-state index in [4.69, 9.17) is 4.74 Å².